The van der Waals surface area contributed by atoms with E-state index in [1.807, 2.05) is 6.92 Å². The summed E-state index contributed by atoms with van der Waals surface area (Å²) >= 11 is 5.96. The minimum absolute atomic E-state index is 0.162. The molecule has 0 unspecified atom stereocenters. The standard InChI is InChI=1S/C17H17ClN2O3/c1-2-23-15-10-6-3-7-12(15)17(22)19-11-16(21)20-14-9-5-4-8-13(14)18/h3-10H,2,11H2,1H3,(H,19,22)(H,20,21). The zero-order valence-corrected chi connectivity index (χ0v) is 13.4. The van der Waals surface area contributed by atoms with Gasteiger partial charge < -0.3 is 15.4 Å². The highest BCUT2D eigenvalue weighted by molar-refractivity contribution is 6.33. The van der Waals surface area contributed by atoms with Crippen LogP contribution in [0.2, 0.25) is 5.02 Å². The molecule has 2 amide bonds. The first kappa shape index (κ1) is 16.8. The summed E-state index contributed by atoms with van der Waals surface area (Å²) in [6, 6.07) is 13.8. The molecule has 0 fully saturated rings. The molecule has 5 nitrogen and oxygen atoms in total. The molecule has 0 aliphatic carbocycles. The second-order valence-corrected chi connectivity index (χ2v) is 5.05. The first-order chi connectivity index (χ1) is 11.1. The molecular weight excluding hydrogens is 316 g/mol. The van der Waals surface area contributed by atoms with Crippen molar-refractivity contribution in [3.8, 4) is 5.75 Å². The van der Waals surface area contributed by atoms with E-state index in [0.717, 1.165) is 0 Å². The Labute approximate surface area is 139 Å². The smallest absolute Gasteiger partial charge is 0.255 e. The van der Waals surface area contributed by atoms with Gasteiger partial charge in [-0.1, -0.05) is 35.9 Å². The zero-order chi connectivity index (χ0) is 16.7. The highest BCUT2D eigenvalue weighted by atomic mass is 35.5. The van der Waals surface area contributed by atoms with E-state index in [0.29, 0.717) is 28.6 Å². The maximum absolute atomic E-state index is 12.2. The van der Waals surface area contributed by atoms with E-state index in [4.69, 9.17) is 16.3 Å². The van der Waals surface area contributed by atoms with Gasteiger partial charge in [-0.25, -0.2) is 0 Å². The number of hydrogen-bond donors (Lipinski definition) is 2. The van der Waals surface area contributed by atoms with Crippen LogP contribution < -0.4 is 15.4 Å². The van der Waals surface area contributed by atoms with Crippen LogP contribution in [0.5, 0.6) is 5.75 Å². The monoisotopic (exact) mass is 332 g/mol. The molecule has 0 bridgehead atoms. The first-order valence-electron chi connectivity index (χ1n) is 7.16. The van der Waals surface area contributed by atoms with Crippen molar-refractivity contribution in [3.63, 3.8) is 0 Å². The molecule has 0 spiro atoms. The van der Waals surface area contributed by atoms with E-state index in [2.05, 4.69) is 10.6 Å². The summed E-state index contributed by atoms with van der Waals surface area (Å²) in [6.07, 6.45) is 0. The van der Waals surface area contributed by atoms with E-state index < -0.39 is 0 Å². The van der Waals surface area contributed by atoms with Crippen LogP contribution in [0.25, 0.3) is 0 Å². The lowest BCUT2D eigenvalue weighted by molar-refractivity contribution is -0.115. The van der Waals surface area contributed by atoms with Gasteiger partial charge in [0.1, 0.15) is 5.75 Å². The van der Waals surface area contributed by atoms with E-state index in [9.17, 15) is 9.59 Å². The van der Waals surface area contributed by atoms with Crippen LogP contribution in [-0.4, -0.2) is 25.0 Å². The summed E-state index contributed by atoms with van der Waals surface area (Å²) in [5.41, 5.74) is 0.892. The topological polar surface area (TPSA) is 67.4 Å². The Morgan fingerprint density at radius 1 is 1.09 bits per heavy atom. The highest BCUT2D eigenvalue weighted by Crippen LogP contribution is 2.20. The molecule has 23 heavy (non-hydrogen) atoms. The molecule has 2 aromatic carbocycles. The Kier molecular flexibility index (Phi) is 6.00. The summed E-state index contributed by atoms with van der Waals surface area (Å²) in [7, 11) is 0. The Balaban J connectivity index is 1.94. The third kappa shape index (κ3) is 4.72. The van der Waals surface area contributed by atoms with Crippen molar-refractivity contribution < 1.29 is 14.3 Å². The summed E-state index contributed by atoms with van der Waals surface area (Å²) in [5, 5.41) is 5.64. The number of ether oxygens (including phenoxy) is 1. The maximum Gasteiger partial charge on any atom is 0.255 e. The Bertz CT molecular complexity index is 704. The third-order valence-corrected chi connectivity index (χ3v) is 3.32. The van der Waals surface area contributed by atoms with Gasteiger partial charge in [-0.2, -0.15) is 0 Å². The predicted molar refractivity (Wildman–Crippen MR) is 90.0 cm³/mol. The lowest BCUT2D eigenvalue weighted by atomic mass is 10.2. The molecule has 0 aliphatic heterocycles. The van der Waals surface area contributed by atoms with Crippen LogP contribution in [-0.2, 0) is 4.79 Å². The molecule has 2 rings (SSSR count). The quantitative estimate of drug-likeness (QED) is 0.854. The summed E-state index contributed by atoms with van der Waals surface area (Å²) in [6.45, 7) is 2.13. The van der Waals surface area contributed by atoms with Gasteiger partial charge in [0.25, 0.3) is 5.91 Å². The molecule has 0 saturated carbocycles. The van der Waals surface area contributed by atoms with Gasteiger partial charge >= 0.3 is 0 Å². The number of carbonyl (C=O) groups excluding carboxylic acids is 2. The number of halogens is 1. The Morgan fingerprint density at radius 3 is 2.52 bits per heavy atom. The first-order valence-corrected chi connectivity index (χ1v) is 7.54. The van der Waals surface area contributed by atoms with Gasteiger partial charge in [0.05, 0.1) is 29.4 Å². The number of carbonyl (C=O) groups is 2. The van der Waals surface area contributed by atoms with Crippen molar-refractivity contribution in [2.45, 2.75) is 6.92 Å². The summed E-state index contributed by atoms with van der Waals surface area (Å²) in [5.74, 6) is -0.247. The van der Waals surface area contributed by atoms with Crippen LogP contribution in [0.4, 0.5) is 5.69 Å². The fraction of sp³-hybridized carbons (Fsp3) is 0.176. The van der Waals surface area contributed by atoms with Crippen LogP contribution in [0.15, 0.2) is 48.5 Å². The van der Waals surface area contributed by atoms with Gasteiger partial charge in [-0.05, 0) is 31.2 Å². The molecule has 0 radical (unpaired) electrons. The van der Waals surface area contributed by atoms with Crippen molar-refractivity contribution in [1.29, 1.82) is 0 Å². The molecular formula is C17H17ClN2O3. The van der Waals surface area contributed by atoms with Gasteiger partial charge in [0.2, 0.25) is 5.91 Å². The number of anilines is 1. The van der Waals surface area contributed by atoms with Crippen molar-refractivity contribution >= 4 is 29.1 Å². The van der Waals surface area contributed by atoms with Gasteiger partial charge in [0.15, 0.2) is 0 Å². The fourth-order valence-electron chi connectivity index (χ4n) is 1.95. The number of nitrogens with one attached hydrogen (secondary N) is 2. The number of rotatable bonds is 6. The van der Waals surface area contributed by atoms with E-state index in [1.165, 1.54) is 0 Å². The van der Waals surface area contributed by atoms with Crippen LogP contribution in [0, 0.1) is 0 Å². The molecule has 0 aliphatic rings. The average Bonchev–Trinajstić information content (AvgIpc) is 2.55. The number of benzene rings is 2. The highest BCUT2D eigenvalue weighted by Gasteiger charge is 2.13. The van der Waals surface area contributed by atoms with Crippen molar-refractivity contribution in [2.24, 2.45) is 0 Å². The van der Waals surface area contributed by atoms with Crippen molar-refractivity contribution in [1.82, 2.24) is 5.32 Å². The Morgan fingerprint density at radius 2 is 1.78 bits per heavy atom. The lowest BCUT2D eigenvalue weighted by Crippen LogP contribution is -2.33. The molecule has 0 heterocycles. The van der Waals surface area contributed by atoms with Crippen molar-refractivity contribution in [2.75, 3.05) is 18.5 Å². The third-order valence-electron chi connectivity index (χ3n) is 2.99. The second kappa shape index (κ2) is 8.19. The molecule has 6 heteroatoms. The van der Waals surface area contributed by atoms with E-state index in [-0.39, 0.29) is 18.4 Å². The van der Waals surface area contributed by atoms with Gasteiger partial charge in [0, 0.05) is 0 Å². The van der Waals surface area contributed by atoms with Crippen LogP contribution in [0.3, 0.4) is 0 Å². The maximum atomic E-state index is 12.2. The number of hydrogen-bond acceptors (Lipinski definition) is 3. The SMILES string of the molecule is CCOc1ccccc1C(=O)NCC(=O)Nc1ccccc1Cl. The second-order valence-electron chi connectivity index (χ2n) is 4.64. The largest absolute Gasteiger partial charge is 0.493 e. The number of para-hydroxylation sites is 2. The molecule has 0 atom stereocenters. The normalized spacial score (nSPS) is 10.0. The zero-order valence-electron chi connectivity index (χ0n) is 12.6. The van der Waals surface area contributed by atoms with Crippen LogP contribution in [0.1, 0.15) is 17.3 Å². The molecule has 2 N–H and O–H groups in total. The van der Waals surface area contributed by atoms with E-state index >= 15 is 0 Å². The molecule has 0 aromatic heterocycles. The summed E-state index contributed by atoms with van der Waals surface area (Å²) < 4.78 is 5.40. The minimum Gasteiger partial charge on any atom is -0.493 e. The Hall–Kier alpha value is -2.53. The number of amides is 2. The minimum atomic E-state index is -0.372. The molecule has 0 saturated heterocycles. The predicted octanol–water partition coefficient (Wildman–Crippen LogP) is 3.11. The molecule has 120 valence electrons. The average molecular weight is 333 g/mol. The summed E-state index contributed by atoms with van der Waals surface area (Å²) in [4.78, 5) is 24.1. The van der Waals surface area contributed by atoms with Gasteiger partial charge in [-0.3, -0.25) is 9.59 Å². The van der Waals surface area contributed by atoms with E-state index in [1.54, 1.807) is 48.5 Å². The fourth-order valence-corrected chi connectivity index (χ4v) is 2.13. The lowest BCUT2D eigenvalue weighted by Gasteiger charge is -2.11. The van der Waals surface area contributed by atoms with Crippen molar-refractivity contribution in [3.05, 3.63) is 59.1 Å². The van der Waals surface area contributed by atoms with Crippen LogP contribution >= 0.6 is 11.6 Å². The van der Waals surface area contributed by atoms with Gasteiger partial charge in [-0.15, -0.1) is 0 Å². The molecule has 2 aromatic rings.